The Bertz CT molecular complexity index is 2500. The Kier molecular flexibility index (Phi) is 25.4. The van der Waals surface area contributed by atoms with Crippen molar-refractivity contribution in [1.82, 2.24) is 46.6 Å². The number of aliphatic carboxylic acids is 1. The normalized spacial score (nSPS) is 13.2. The second-order valence-electron chi connectivity index (χ2n) is 18.4. The quantitative estimate of drug-likeness (QED) is 0.0361. The molecule has 24 heteroatoms. The van der Waals surface area contributed by atoms with Gasteiger partial charge in [-0.1, -0.05) is 93.6 Å². The molecule has 0 saturated heterocycles. The van der Waals surface area contributed by atoms with E-state index in [2.05, 4.69) is 44.5 Å². The topological polar surface area (TPSA) is 336 Å². The second kappa shape index (κ2) is 31.0. The molecular weight excluding hydrogens is 1000 g/mol. The average molecular weight is 1080 g/mol. The highest BCUT2D eigenvalue weighted by Crippen LogP contribution is 2.17. The highest BCUT2D eigenvalue weighted by Gasteiger charge is 2.37. The van der Waals surface area contributed by atoms with Gasteiger partial charge in [0.05, 0.1) is 19.6 Å². The number of carboxylic acids is 1. The Morgan fingerprint density at radius 2 is 1.08 bits per heavy atom. The smallest absolute Gasteiger partial charge is 0.303 e. The molecular formula is C52H70N10O13S. The lowest BCUT2D eigenvalue weighted by molar-refractivity contribution is -0.147. The molecule has 10 amide bonds. The van der Waals surface area contributed by atoms with E-state index in [4.69, 9.17) is 5.73 Å². The van der Waals surface area contributed by atoms with Crippen LogP contribution in [-0.4, -0.2) is 173 Å². The molecule has 412 valence electrons. The number of thiol groups is 1. The molecule has 0 aliphatic carbocycles. The monoisotopic (exact) mass is 1070 g/mol. The van der Waals surface area contributed by atoms with Gasteiger partial charge in [-0.15, -0.1) is 0 Å². The Morgan fingerprint density at radius 1 is 0.579 bits per heavy atom. The van der Waals surface area contributed by atoms with Crippen LogP contribution in [0.3, 0.4) is 0 Å². The van der Waals surface area contributed by atoms with Gasteiger partial charge in [0.15, 0.2) is 0 Å². The van der Waals surface area contributed by atoms with Gasteiger partial charge in [0, 0.05) is 59.0 Å². The number of hydrogen-bond donors (Lipinski definition) is 10. The molecule has 0 radical (unpaired) electrons. The molecule has 0 bridgehead atoms. The van der Waals surface area contributed by atoms with Crippen LogP contribution < -0.4 is 37.6 Å². The number of nitrogens with two attached hydrogens (primary N) is 1. The Hall–Kier alpha value is -8.02. The number of carboxylic acid groups (broad SMARTS) is 1. The SMILES string of the molecule is CCC(=O)N[C@@H](Cc1ccccc1)C(=O)N[C@H](C(=O)N[C@@H](CCC(=O)O)C(=O)N(C)CC(=O)N[C@@H](Cc1ccc(O)cc1)C(=O)N(C)[C@@H](Cc1ccccc1)C(=O)N(C)CC(=O)N[C@@H](CS)C(=O)NCC(N)=O)C(C)C. The maximum absolute atomic E-state index is 14.7. The van der Waals surface area contributed by atoms with Crippen molar-refractivity contribution in [2.75, 3.05) is 46.5 Å². The lowest BCUT2D eigenvalue weighted by Crippen LogP contribution is -2.59. The third-order valence-electron chi connectivity index (χ3n) is 11.9. The van der Waals surface area contributed by atoms with Crippen molar-refractivity contribution in [2.45, 2.75) is 95.5 Å². The molecule has 0 aromatic heterocycles. The lowest BCUT2D eigenvalue weighted by Gasteiger charge is -2.34. The van der Waals surface area contributed by atoms with Crippen LogP contribution in [0.2, 0.25) is 0 Å². The Labute approximate surface area is 446 Å². The molecule has 0 fully saturated rings. The summed E-state index contributed by atoms with van der Waals surface area (Å²) in [5.74, 6) is -9.63. The fraction of sp³-hybridized carbons (Fsp3) is 0.442. The molecule has 0 aliphatic heterocycles. The summed E-state index contributed by atoms with van der Waals surface area (Å²) >= 11 is 4.10. The summed E-state index contributed by atoms with van der Waals surface area (Å²) in [5, 5.41) is 34.8. The summed E-state index contributed by atoms with van der Waals surface area (Å²) in [6.45, 7) is 3.10. The van der Waals surface area contributed by atoms with E-state index < -0.39 is 140 Å². The van der Waals surface area contributed by atoms with Gasteiger partial charge in [0.1, 0.15) is 42.0 Å². The van der Waals surface area contributed by atoms with Gasteiger partial charge in [-0.25, -0.2) is 0 Å². The molecule has 6 atom stereocenters. The third kappa shape index (κ3) is 20.7. The molecule has 23 nitrogen and oxygen atoms in total. The molecule has 3 aromatic carbocycles. The van der Waals surface area contributed by atoms with Crippen molar-refractivity contribution < 1.29 is 63.0 Å². The van der Waals surface area contributed by atoms with Crippen molar-refractivity contribution in [1.29, 1.82) is 0 Å². The summed E-state index contributed by atoms with van der Waals surface area (Å²) in [7, 11) is 3.87. The number of primary amides is 1. The van der Waals surface area contributed by atoms with Crippen molar-refractivity contribution in [3.8, 4) is 5.75 Å². The maximum Gasteiger partial charge on any atom is 0.303 e. The highest BCUT2D eigenvalue weighted by molar-refractivity contribution is 7.80. The number of nitrogens with one attached hydrogen (secondary N) is 6. The fourth-order valence-corrected chi connectivity index (χ4v) is 7.96. The van der Waals surface area contributed by atoms with E-state index in [0.29, 0.717) is 11.1 Å². The van der Waals surface area contributed by atoms with Crippen molar-refractivity contribution in [3.05, 3.63) is 102 Å². The number of amides is 10. The maximum atomic E-state index is 14.7. The summed E-state index contributed by atoms with van der Waals surface area (Å²) in [4.78, 5) is 149. The fourth-order valence-electron chi connectivity index (χ4n) is 7.70. The van der Waals surface area contributed by atoms with Crippen molar-refractivity contribution >= 4 is 77.7 Å². The molecule has 10 N–H and O–H groups in total. The second-order valence-corrected chi connectivity index (χ2v) is 18.8. The number of nitrogens with zero attached hydrogens (tertiary/aromatic N) is 3. The number of rotatable bonds is 30. The predicted octanol–water partition coefficient (Wildman–Crippen LogP) is -0.950. The molecule has 0 unspecified atom stereocenters. The standard InChI is InChI=1S/C52H70N10O13S/c1-7-42(65)55-37(24-32-14-10-8-11-15-32)48(71)59-46(31(2)3)49(72)58-36(22-23-45(68)69)50(73)60(4)28-43(66)56-38(25-34-18-20-35(63)21-19-34)51(74)62(6)40(26-33-16-12-9-13-17-33)52(75)61(5)29-44(67)57-39(30-76)47(70)54-27-41(53)64/h8-21,31,36-40,46,63,76H,7,22-30H2,1-6H3,(H2,53,64)(H,54,70)(H,55,65)(H,56,66)(H,57,67)(H,58,72)(H,59,71)(H,68,69)/t36-,37-,38-,39-,40-,46-/m0/s1. The lowest BCUT2D eigenvalue weighted by atomic mass is 10.00. The number of benzene rings is 3. The number of phenolic OH excluding ortho intramolecular Hbond substituents is 1. The van der Waals surface area contributed by atoms with Gasteiger partial charge < -0.3 is 62.5 Å². The van der Waals surface area contributed by atoms with Crippen LogP contribution in [0.4, 0.5) is 0 Å². The molecule has 76 heavy (non-hydrogen) atoms. The summed E-state index contributed by atoms with van der Waals surface area (Å²) in [6, 6.07) is 15.5. The van der Waals surface area contributed by atoms with E-state index in [-0.39, 0.29) is 37.2 Å². The molecule has 0 spiro atoms. The zero-order chi connectivity index (χ0) is 56.6. The first-order valence-electron chi connectivity index (χ1n) is 24.4. The minimum absolute atomic E-state index is 0.0612. The first kappa shape index (κ1) is 62.3. The van der Waals surface area contributed by atoms with Crippen LogP contribution in [0.5, 0.6) is 5.75 Å². The summed E-state index contributed by atoms with van der Waals surface area (Å²) < 4.78 is 0. The number of aromatic hydroxyl groups is 1. The van der Waals surface area contributed by atoms with Crippen molar-refractivity contribution in [2.24, 2.45) is 11.7 Å². The number of likely N-dealkylation sites (N-methyl/N-ethyl adjacent to an activating group) is 3. The largest absolute Gasteiger partial charge is 0.508 e. The zero-order valence-corrected chi connectivity index (χ0v) is 44.3. The molecule has 0 aliphatic rings. The molecule has 3 aromatic rings. The zero-order valence-electron chi connectivity index (χ0n) is 43.4. The van der Waals surface area contributed by atoms with Gasteiger partial charge in [-0.3, -0.25) is 52.7 Å². The van der Waals surface area contributed by atoms with E-state index in [0.717, 1.165) is 20.3 Å². The van der Waals surface area contributed by atoms with E-state index in [9.17, 15) is 63.0 Å². The van der Waals surface area contributed by atoms with Gasteiger partial charge in [-0.2, -0.15) is 12.6 Å². The van der Waals surface area contributed by atoms with Crippen LogP contribution >= 0.6 is 12.6 Å². The van der Waals surface area contributed by atoms with Crippen LogP contribution in [0.25, 0.3) is 0 Å². The molecule has 3 rings (SSSR count). The minimum Gasteiger partial charge on any atom is -0.508 e. The first-order valence-corrected chi connectivity index (χ1v) is 25.1. The van der Waals surface area contributed by atoms with E-state index in [1.807, 2.05) is 0 Å². The van der Waals surface area contributed by atoms with Gasteiger partial charge >= 0.3 is 5.97 Å². The predicted molar refractivity (Wildman–Crippen MR) is 282 cm³/mol. The van der Waals surface area contributed by atoms with Gasteiger partial charge in [-0.05, 0) is 41.2 Å². The number of phenols is 1. The first-order chi connectivity index (χ1) is 35.9. The minimum atomic E-state index is -1.52. The van der Waals surface area contributed by atoms with Crippen LogP contribution in [0.1, 0.15) is 56.7 Å². The van der Waals surface area contributed by atoms with Gasteiger partial charge in [0.25, 0.3) is 0 Å². The van der Waals surface area contributed by atoms with Gasteiger partial charge in [0.2, 0.25) is 59.1 Å². The molecule has 0 heterocycles. The van der Waals surface area contributed by atoms with Crippen LogP contribution in [0.15, 0.2) is 84.9 Å². The Morgan fingerprint density at radius 3 is 1.59 bits per heavy atom. The third-order valence-corrected chi connectivity index (χ3v) is 12.3. The van der Waals surface area contributed by atoms with Crippen LogP contribution in [0, 0.1) is 5.92 Å². The Balaban J connectivity index is 1.88. The van der Waals surface area contributed by atoms with E-state index >= 15 is 0 Å². The van der Waals surface area contributed by atoms with E-state index in [1.165, 1.54) is 45.4 Å². The number of carbonyl (C=O) groups is 11. The van der Waals surface area contributed by atoms with Crippen LogP contribution in [-0.2, 0) is 72.0 Å². The highest BCUT2D eigenvalue weighted by atomic mass is 32.1. The molecule has 0 saturated carbocycles. The number of hydrogen-bond acceptors (Lipinski definition) is 13. The summed E-state index contributed by atoms with van der Waals surface area (Å²) in [6.07, 6.45) is -1.06. The van der Waals surface area contributed by atoms with Crippen molar-refractivity contribution in [3.63, 3.8) is 0 Å². The summed E-state index contributed by atoms with van der Waals surface area (Å²) in [5.41, 5.74) is 6.93. The average Bonchev–Trinajstić information content (AvgIpc) is 3.38. The van der Waals surface area contributed by atoms with E-state index in [1.54, 1.807) is 81.4 Å². The number of carbonyl (C=O) groups excluding carboxylic acids is 10.